The van der Waals surface area contributed by atoms with Crippen LogP contribution in [0.15, 0.2) is 18.3 Å². The summed E-state index contributed by atoms with van der Waals surface area (Å²) in [5.74, 6) is 0. The second kappa shape index (κ2) is 3.87. The highest BCUT2D eigenvalue weighted by Crippen LogP contribution is 2.19. The Balaban J connectivity index is 0.000000720. The molecule has 0 aliphatic carbocycles. The third-order valence-electron chi connectivity index (χ3n) is 2.20. The lowest BCUT2D eigenvalue weighted by Crippen LogP contribution is -2.28. The third-order valence-corrected chi connectivity index (χ3v) is 2.20. The predicted molar refractivity (Wildman–Crippen MR) is 51.6 cm³/mol. The maximum Gasteiger partial charge on any atom is 0.0463 e. The van der Waals surface area contributed by atoms with Gasteiger partial charge in [-0.05, 0) is 18.6 Å². The van der Waals surface area contributed by atoms with E-state index in [0.29, 0.717) is 6.04 Å². The van der Waals surface area contributed by atoms with Crippen molar-refractivity contribution in [1.82, 2.24) is 10.3 Å². The van der Waals surface area contributed by atoms with Crippen LogP contribution in [0.3, 0.4) is 0 Å². The molecule has 1 unspecified atom stereocenters. The van der Waals surface area contributed by atoms with Crippen LogP contribution in [0.5, 0.6) is 0 Å². The molecule has 0 fully saturated rings. The summed E-state index contributed by atoms with van der Waals surface area (Å²) in [6, 6.07) is 4.63. The fourth-order valence-corrected chi connectivity index (χ4v) is 1.57. The largest absolute Gasteiger partial charge is 0.310 e. The Labute approximate surface area is 78.8 Å². The molecular weight excluding hydrogens is 172 g/mol. The van der Waals surface area contributed by atoms with Crippen molar-refractivity contribution in [3.63, 3.8) is 0 Å². The summed E-state index contributed by atoms with van der Waals surface area (Å²) in [6.45, 7) is 3.24. The summed E-state index contributed by atoms with van der Waals surface area (Å²) in [4.78, 5) is 4.33. The zero-order valence-electron chi connectivity index (χ0n) is 7.08. The summed E-state index contributed by atoms with van der Waals surface area (Å²) in [6.07, 6.45) is 2.94. The number of fused-ring (bicyclic) bond motifs is 1. The number of aromatic nitrogens is 1. The number of nitrogens with zero attached hydrogens (tertiary/aromatic N) is 1. The van der Waals surface area contributed by atoms with Gasteiger partial charge in [0.15, 0.2) is 0 Å². The second-order valence-electron chi connectivity index (χ2n) is 2.97. The van der Waals surface area contributed by atoms with Crippen molar-refractivity contribution in [2.75, 3.05) is 6.54 Å². The lowest BCUT2D eigenvalue weighted by molar-refractivity contribution is 0.532. The van der Waals surface area contributed by atoms with E-state index >= 15 is 0 Å². The lowest BCUT2D eigenvalue weighted by Gasteiger charge is -2.22. The van der Waals surface area contributed by atoms with Crippen LogP contribution in [0.4, 0.5) is 0 Å². The van der Waals surface area contributed by atoms with Gasteiger partial charge >= 0.3 is 0 Å². The molecule has 1 atom stereocenters. The van der Waals surface area contributed by atoms with Crippen molar-refractivity contribution in [3.05, 3.63) is 29.6 Å². The highest BCUT2D eigenvalue weighted by molar-refractivity contribution is 5.85. The first kappa shape index (κ1) is 9.49. The van der Waals surface area contributed by atoms with Gasteiger partial charge in [0.05, 0.1) is 0 Å². The predicted octanol–water partition coefficient (Wildman–Crippen LogP) is 1.71. The summed E-state index contributed by atoms with van der Waals surface area (Å²) < 4.78 is 0. The number of rotatable bonds is 0. The molecule has 0 bridgehead atoms. The lowest BCUT2D eigenvalue weighted by atomic mass is 10.0. The summed E-state index contributed by atoms with van der Waals surface area (Å²) in [7, 11) is 0. The Bertz CT molecular complexity index is 262. The van der Waals surface area contributed by atoms with Crippen LogP contribution in [-0.2, 0) is 6.42 Å². The molecule has 0 aromatic carbocycles. The summed E-state index contributed by atoms with van der Waals surface area (Å²) in [5, 5.41) is 3.40. The van der Waals surface area contributed by atoms with Crippen molar-refractivity contribution in [1.29, 1.82) is 0 Å². The molecule has 0 saturated carbocycles. The molecule has 0 amide bonds. The van der Waals surface area contributed by atoms with E-state index in [1.165, 1.54) is 11.3 Å². The Morgan fingerprint density at radius 3 is 3.17 bits per heavy atom. The molecule has 1 aliphatic rings. The first-order valence-corrected chi connectivity index (χ1v) is 4.05. The SMILES string of the molecule is CC1NCCc2ncccc21.Cl. The molecule has 0 spiro atoms. The maximum absolute atomic E-state index is 4.33. The third kappa shape index (κ3) is 1.59. The number of hydrogen-bond donors (Lipinski definition) is 1. The average Bonchev–Trinajstić information content (AvgIpc) is 2.06. The van der Waals surface area contributed by atoms with Crippen molar-refractivity contribution < 1.29 is 0 Å². The molecule has 2 rings (SSSR count). The second-order valence-corrected chi connectivity index (χ2v) is 2.97. The molecule has 1 aromatic rings. The fourth-order valence-electron chi connectivity index (χ4n) is 1.57. The van der Waals surface area contributed by atoms with Crippen molar-refractivity contribution >= 4 is 12.4 Å². The molecule has 0 radical (unpaired) electrons. The average molecular weight is 185 g/mol. The Morgan fingerprint density at radius 2 is 2.42 bits per heavy atom. The molecule has 0 saturated heterocycles. The van der Waals surface area contributed by atoms with Gasteiger partial charge in [-0.15, -0.1) is 12.4 Å². The van der Waals surface area contributed by atoms with Gasteiger partial charge in [-0.1, -0.05) is 6.07 Å². The van der Waals surface area contributed by atoms with E-state index in [0.717, 1.165) is 13.0 Å². The maximum atomic E-state index is 4.33. The number of nitrogens with one attached hydrogen (secondary N) is 1. The van der Waals surface area contributed by atoms with E-state index in [1.54, 1.807) is 0 Å². The van der Waals surface area contributed by atoms with E-state index in [2.05, 4.69) is 23.3 Å². The smallest absolute Gasteiger partial charge is 0.0463 e. The zero-order valence-corrected chi connectivity index (χ0v) is 7.90. The molecule has 3 heteroatoms. The first-order chi connectivity index (χ1) is 5.38. The van der Waals surface area contributed by atoms with Gasteiger partial charge < -0.3 is 5.32 Å². The molecule has 1 aromatic heterocycles. The molecule has 1 N–H and O–H groups in total. The molecule has 1 aliphatic heterocycles. The van der Waals surface area contributed by atoms with Crippen LogP contribution in [0.1, 0.15) is 24.2 Å². The van der Waals surface area contributed by atoms with Crippen LogP contribution in [0, 0.1) is 0 Å². The summed E-state index contributed by atoms with van der Waals surface area (Å²) in [5.41, 5.74) is 2.62. The topological polar surface area (TPSA) is 24.9 Å². The number of pyridine rings is 1. The molecular formula is C9H13ClN2. The van der Waals surface area contributed by atoms with Crippen LogP contribution < -0.4 is 5.32 Å². The minimum Gasteiger partial charge on any atom is -0.310 e. The highest BCUT2D eigenvalue weighted by Gasteiger charge is 2.14. The first-order valence-electron chi connectivity index (χ1n) is 4.05. The standard InChI is InChI=1S/C9H12N2.ClH/c1-7-8-3-2-5-11-9(8)4-6-10-7;/h2-3,5,7,10H,4,6H2,1H3;1H. The number of hydrogen-bond acceptors (Lipinski definition) is 2. The molecule has 66 valence electrons. The van der Waals surface area contributed by atoms with Crippen LogP contribution in [0.2, 0.25) is 0 Å². The van der Waals surface area contributed by atoms with Crippen molar-refractivity contribution in [2.24, 2.45) is 0 Å². The number of halogens is 1. The normalized spacial score (nSPS) is 20.9. The monoisotopic (exact) mass is 184 g/mol. The summed E-state index contributed by atoms with van der Waals surface area (Å²) >= 11 is 0. The van der Waals surface area contributed by atoms with Crippen LogP contribution in [-0.4, -0.2) is 11.5 Å². The van der Waals surface area contributed by atoms with Gasteiger partial charge in [0, 0.05) is 30.9 Å². The van der Waals surface area contributed by atoms with Gasteiger partial charge in [0.2, 0.25) is 0 Å². The van der Waals surface area contributed by atoms with Crippen LogP contribution >= 0.6 is 12.4 Å². The molecule has 2 nitrogen and oxygen atoms in total. The molecule has 2 heterocycles. The van der Waals surface area contributed by atoms with Gasteiger partial charge in [-0.2, -0.15) is 0 Å². The van der Waals surface area contributed by atoms with Gasteiger partial charge in [-0.25, -0.2) is 0 Å². The highest BCUT2D eigenvalue weighted by atomic mass is 35.5. The molecule has 12 heavy (non-hydrogen) atoms. The minimum atomic E-state index is 0. The van der Waals surface area contributed by atoms with Crippen LogP contribution in [0.25, 0.3) is 0 Å². The fraction of sp³-hybridized carbons (Fsp3) is 0.444. The van der Waals surface area contributed by atoms with E-state index in [-0.39, 0.29) is 12.4 Å². The Hall–Kier alpha value is -0.600. The van der Waals surface area contributed by atoms with E-state index in [1.807, 2.05) is 12.3 Å². The van der Waals surface area contributed by atoms with E-state index in [4.69, 9.17) is 0 Å². The van der Waals surface area contributed by atoms with Crippen molar-refractivity contribution in [2.45, 2.75) is 19.4 Å². The van der Waals surface area contributed by atoms with Gasteiger partial charge in [-0.3, -0.25) is 4.98 Å². The van der Waals surface area contributed by atoms with Gasteiger partial charge in [0.25, 0.3) is 0 Å². The minimum absolute atomic E-state index is 0. The van der Waals surface area contributed by atoms with Crippen molar-refractivity contribution in [3.8, 4) is 0 Å². The van der Waals surface area contributed by atoms with E-state index in [9.17, 15) is 0 Å². The van der Waals surface area contributed by atoms with Gasteiger partial charge in [0.1, 0.15) is 0 Å². The zero-order chi connectivity index (χ0) is 7.68. The quantitative estimate of drug-likeness (QED) is 0.664. The Morgan fingerprint density at radius 1 is 1.58 bits per heavy atom. The van der Waals surface area contributed by atoms with E-state index < -0.39 is 0 Å². The Kier molecular flexibility index (Phi) is 3.06.